The molecule has 0 fully saturated rings. The van der Waals surface area contributed by atoms with Crippen LogP contribution in [0.15, 0.2) is 52.5 Å². The highest BCUT2D eigenvalue weighted by atomic mass is 32.2. The largest absolute Gasteiger partial charge is 0.465 e. The molecular formula is C15H14N2O3S. The number of pyridine rings is 1. The summed E-state index contributed by atoms with van der Waals surface area (Å²) in [4.78, 5) is 27.8. The van der Waals surface area contributed by atoms with E-state index in [2.05, 4.69) is 10.3 Å². The second-order valence-electron chi connectivity index (χ2n) is 4.16. The van der Waals surface area contributed by atoms with Crippen molar-refractivity contribution in [2.75, 3.05) is 12.4 Å². The van der Waals surface area contributed by atoms with Gasteiger partial charge in [0.1, 0.15) is 5.03 Å². The van der Waals surface area contributed by atoms with Gasteiger partial charge in [0.2, 0.25) is 5.91 Å². The number of esters is 1. The zero-order chi connectivity index (χ0) is 15.2. The Balaban J connectivity index is 2.18. The third-order valence-corrected chi connectivity index (χ3v) is 3.59. The molecule has 0 saturated heterocycles. The van der Waals surface area contributed by atoms with Crippen LogP contribution < -0.4 is 5.32 Å². The van der Waals surface area contributed by atoms with Gasteiger partial charge in [-0.15, -0.1) is 0 Å². The lowest BCUT2D eigenvalue weighted by Crippen LogP contribution is -2.05. The third kappa shape index (κ3) is 4.06. The molecule has 2 aromatic rings. The topological polar surface area (TPSA) is 68.3 Å². The molecule has 6 heteroatoms. The Kier molecular flexibility index (Phi) is 4.94. The molecule has 0 spiro atoms. The second kappa shape index (κ2) is 6.90. The van der Waals surface area contributed by atoms with Crippen LogP contribution in [0.5, 0.6) is 0 Å². The summed E-state index contributed by atoms with van der Waals surface area (Å²) < 4.78 is 4.74. The van der Waals surface area contributed by atoms with Crippen LogP contribution in [0.4, 0.5) is 5.69 Å². The van der Waals surface area contributed by atoms with Crippen molar-refractivity contribution in [3.8, 4) is 0 Å². The summed E-state index contributed by atoms with van der Waals surface area (Å²) in [5.74, 6) is -0.534. The highest BCUT2D eigenvalue weighted by Gasteiger charge is 2.13. The van der Waals surface area contributed by atoms with Crippen LogP contribution in [0.25, 0.3) is 0 Å². The van der Waals surface area contributed by atoms with Gasteiger partial charge < -0.3 is 10.1 Å². The zero-order valence-electron chi connectivity index (χ0n) is 11.6. The quantitative estimate of drug-likeness (QED) is 0.879. The van der Waals surface area contributed by atoms with Crippen molar-refractivity contribution in [1.29, 1.82) is 0 Å². The fourth-order valence-corrected chi connectivity index (χ4v) is 2.53. The van der Waals surface area contributed by atoms with Crippen LogP contribution in [-0.2, 0) is 9.53 Å². The molecule has 108 valence electrons. The van der Waals surface area contributed by atoms with E-state index in [9.17, 15) is 9.59 Å². The van der Waals surface area contributed by atoms with Crippen molar-refractivity contribution in [2.45, 2.75) is 16.8 Å². The average molecular weight is 302 g/mol. The number of carbonyl (C=O) groups excluding carboxylic acids is 2. The van der Waals surface area contributed by atoms with Crippen LogP contribution in [0.1, 0.15) is 17.3 Å². The van der Waals surface area contributed by atoms with Crippen LogP contribution >= 0.6 is 11.8 Å². The van der Waals surface area contributed by atoms with Gasteiger partial charge in [-0.3, -0.25) is 4.79 Å². The number of methoxy groups -OCH3 is 1. The van der Waals surface area contributed by atoms with Crippen LogP contribution in [-0.4, -0.2) is 24.0 Å². The van der Waals surface area contributed by atoms with E-state index in [1.165, 1.54) is 25.8 Å². The van der Waals surface area contributed by atoms with E-state index in [1.54, 1.807) is 30.5 Å². The SMILES string of the molecule is COC(=O)c1cccnc1Sc1ccc(NC(C)=O)cc1. The van der Waals surface area contributed by atoms with Crippen molar-refractivity contribution in [3.05, 3.63) is 48.2 Å². The number of amides is 1. The summed E-state index contributed by atoms with van der Waals surface area (Å²) in [5, 5.41) is 3.28. The van der Waals surface area contributed by atoms with Crippen LogP contribution in [0.2, 0.25) is 0 Å². The van der Waals surface area contributed by atoms with Gasteiger partial charge in [-0.2, -0.15) is 0 Å². The molecule has 0 aliphatic rings. The molecule has 0 unspecified atom stereocenters. The van der Waals surface area contributed by atoms with Gasteiger partial charge in [-0.1, -0.05) is 11.8 Å². The molecular weight excluding hydrogens is 288 g/mol. The minimum atomic E-state index is -0.416. The van der Waals surface area contributed by atoms with Crippen LogP contribution in [0, 0.1) is 0 Å². The van der Waals surface area contributed by atoms with Crippen molar-refractivity contribution < 1.29 is 14.3 Å². The monoisotopic (exact) mass is 302 g/mol. The van der Waals surface area contributed by atoms with Gasteiger partial charge in [0.15, 0.2) is 0 Å². The zero-order valence-corrected chi connectivity index (χ0v) is 12.4. The normalized spacial score (nSPS) is 10.0. The average Bonchev–Trinajstić information content (AvgIpc) is 2.48. The van der Waals surface area contributed by atoms with Gasteiger partial charge >= 0.3 is 5.97 Å². The number of anilines is 1. The second-order valence-corrected chi connectivity index (χ2v) is 5.22. The predicted molar refractivity (Wildman–Crippen MR) is 80.4 cm³/mol. The molecule has 5 nitrogen and oxygen atoms in total. The van der Waals surface area contributed by atoms with Gasteiger partial charge in [0, 0.05) is 23.7 Å². The number of hydrogen-bond donors (Lipinski definition) is 1. The number of hydrogen-bond acceptors (Lipinski definition) is 5. The maximum absolute atomic E-state index is 11.7. The smallest absolute Gasteiger partial charge is 0.340 e. The lowest BCUT2D eigenvalue weighted by molar-refractivity contribution is -0.114. The first-order valence-corrected chi connectivity index (χ1v) is 7.00. The number of rotatable bonds is 4. The van der Waals surface area contributed by atoms with Gasteiger partial charge in [-0.25, -0.2) is 9.78 Å². The number of aromatic nitrogens is 1. The van der Waals surface area contributed by atoms with E-state index in [1.807, 2.05) is 12.1 Å². The highest BCUT2D eigenvalue weighted by Crippen LogP contribution is 2.29. The number of benzene rings is 1. The van der Waals surface area contributed by atoms with Crippen molar-refractivity contribution in [3.63, 3.8) is 0 Å². The molecule has 0 bridgehead atoms. The molecule has 0 aliphatic carbocycles. The molecule has 1 heterocycles. The van der Waals surface area contributed by atoms with Crippen molar-refractivity contribution in [1.82, 2.24) is 4.98 Å². The van der Waals surface area contributed by atoms with Crippen LogP contribution in [0.3, 0.4) is 0 Å². The van der Waals surface area contributed by atoms with E-state index in [0.717, 1.165) is 10.6 Å². The van der Waals surface area contributed by atoms with Crippen molar-refractivity contribution >= 4 is 29.3 Å². The van der Waals surface area contributed by atoms with E-state index < -0.39 is 5.97 Å². The summed E-state index contributed by atoms with van der Waals surface area (Å²) in [6.45, 7) is 1.46. The van der Waals surface area contributed by atoms with Gasteiger partial charge in [0.25, 0.3) is 0 Å². The molecule has 1 aromatic carbocycles. The first kappa shape index (κ1) is 15.1. The molecule has 0 aliphatic heterocycles. The molecule has 0 atom stereocenters. The summed E-state index contributed by atoms with van der Waals surface area (Å²) in [6.07, 6.45) is 1.63. The fraction of sp³-hybridized carbons (Fsp3) is 0.133. The Morgan fingerprint density at radius 2 is 1.90 bits per heavy atom. The summed E-state index contributed by atoms with van der Waals surface area (Å²) in [7, 11) is 1.34. The Labute approximate surface area is 126 Å². The summed E-state index contributed by atoms with van der Waals surface area (Å²) >= 11 is 1.36. The molecule has 2 rings (SSSR count). The maximum atomic E-state index is 11.7. The number of carbonyl (C=O) groups is 2. The standard InChI is InChI=1S/C15H14N2O3S/c1-10(18)17-11-5-7-12(8-6-11)21-14-13(15(19)20-2)4-3-9-16-14/h3-9H,1-2H3,(H,17,18). The first-order chi connectivity index (χ1) is 10.1. The Bertz CT molecular complexity index is 656. The Morgan fingerprint density at radius 3 is 2.52 bits per heavy atom. The molecule has 0 radical (unpaired) electrons. The van der Waals surface area contributed by atoms with Crippen molar-refractivity contribution in [2.24, 2.45) is 0 Å². The maximum Gasteiger partial charge on any atom is 0.340 e. The molecule has 0 saturated carbocycles. The van der Waals surface area contributed by atoms with E-state index in [4.69, 9.17) is 4.74 Å². The molecule has 21 heavy (non-hydrogen) atoms. The van der Waals surface area contributed by atoms with Gasteiger partial charge in [-0.05, 0) is 36.4 Å². The minimum Gasteiger partial charge on any atom is -0.465 e. The van der Waals surface area contributed by atoms with E-state index in [-0.39, 0.29) is 5.91 Å². The molecule has 1 N–H and O–H groups in total. The molecule has 1 amide bonds. The minimum absolute atomic E-state index is 0.117. The lowest BCUT2D eigenvalue weighted by Gasteiger charge is -2.07. The highest BCUT2D eigenvalue weighted by molar-refractivity contribution is 7.99. The lowest BCUT2D eigenvalue weighted by atomic mass is 10.3. The van der Waals surface area contributed by atoms with E-state index >= 15 is 0 Å². The number of nitrogens with one attached hydrogen (secondary N) is 1. The summed E-state index contributed by atoms with van der Waals surface area (Å²) in [5.41, 5.74) is 1.15. The third-order valence-electron chi connectivity index (χ3n) is 2.57. The predicted octanol–water partition coefficient (Wildman–Crippen LogP) is 2.98. The van der Waals surface area contributed by atoms with E-state index in [0.29, 0.717) is 10.6 Å². The number of nitrogens with zero attached hydrogens (tertiary/aromatic N) is 1. The molecule has 1 aromatic heterocycles. The van der Waals surface area contributed by atoms with Gasteiger partial charge in [0.05, 0.1) is 12.7 Å². The number of ether oxygens (including phenoxy) is 1. The Morgan fingerprint density at radius 1 is 1.19 bits per heavy atom. The summed E-state index contributed by atoms with van der Waals surface area (Å²) in [6, 6.07) is 10.7. The first-order valence-electron chi connectivity index (χ1n) is 6.19. The fourth-order valence-electron chi connectivity index (χ4n) is 1.66. The Hall–Kier alpha value is -2.34.